The number of carbonyl (C=O) groups is 1. The van der Waals surface area contributed by atoms with Gasteiger partial charge in [0.2, 0.25) is 0 Å². The maximum absolute atomic E-state index is 11.2. The fraction of sp³-hybridized carbons (Fsp3) is 0.0909. The van der Waals surface area contributed by atoms with Gasteiger partial charge in [-0.3, -0.25) is 0 Å². The minimum Gasteiger partial charge on any atom is -0.506 e. The van der Waals surface area contributed by atoms with Gasteiger partial charge in [0.15, 0.2) is 5.57 Å². The molecule has 0 saturated heterocycles. The standard InChI is InChI=1S/C11H7Cl2NO3/c1-17-11(16)8(5-14)10(15)7-3-2-6(12)4-9(7)13/h2-4,15H,1H3. The molecule has 0 bridgehead atoms. The highest BCUT2D eigenvalue weighted by Crippen LogP contribution is 2.27. The SMILES string of the molecule is COC(=O)C(C#N)=C(O)c1ccc(Cl)cc1Cl. The molecule has 0 aliphatic heterocycles. The molecule has 0 aliphatic carbocycles. The number of aliphatic hydroxyl groups is 1. The second kappa shape index (κ2) is 5.58. The minimum atomic E-state index is -0.934. The molecule has 0 saturated carbocycles. The number of nitrogens with zero attached hydrogens (tertiary/aromatic N) is 1. The van der Waals surface area contributed by atoms with Crippen molar-refractivity contribution in [3.63, 3.8) is 0 Å². The predicted molar refractivity (Wildman–Crippen MR) is 63.6 cm³/mol. The maximum Gasteiger partial charge on any atom is 0.352 e. The number of hydrogen-bond donors (Lipinski definition) is 1. The summed E-state index contributed by atoms with van der Waals surface area (Å²) < 4.78 is 4.36. The van der Waals surface area contributed by atoms with E-state index in [1.165, 1.54) is 18.2 Å². The first-order valence-corrected chi connectivity index (χ1v) is 5.14. The minimum absolute atomic E-state index is 0.131. The molecule has 1 N–H and O–H groups in total. The Balaban J connectivity index is 3.36. The van der Waals surface area contributed by atoms with Crippen LogP contribution in [0.3, 0.4) is 0 Å². The summed E-state index contributed by atoms with van der Waals surface area (Å²) in [5.74, 6) is -1.47. The Morgan fingerprint density at radius 2 is 2.12 bits per heavy atom. The Labute approximate surface area is 108 Å². The van der Waals surface area contributed by atoms with Gasteiger partial charge in [-0.05, 0) is 18.2 Å². The Morgan fingerprint density at radius 1 is 1.47 bits per heavy atom. The van der Waals surface area contributed by atoms with Gasteiger partial charge in [0.1, 0.15) is 11.8 Å². The van der Waals surface area contributed by atoms with Gasteiger partial charge in [-0.25, -0.2) is 4.79 Å². The van der Waals surface area contributed by atoms with Crippen LogP contribution in [-0.2, 0) is 9.53 Å². The van der Waals surface area contributed by atoms with Gasteiger partial charge < -0.3 is 9.84 Å². The third-order valence-corrected chi connectivity index (χ3v) is 2.47. The largest absolute Gasteiger partial charge is 0.506 e. The lowest BCUT2D eigenvalue weighted by Gasteiger charge is -2.05. The molecule has 17 heavy (non-hydrogen) atoms. The highest BCUT2D eigenvalue weighted by atomic mass is 35.5. The highest BCUT2D eigenvalue weighted by Gasteiger charge is 2.18. The molecular weight excluding hydrogens is 265 g/mol. The molecule has 0 atom stereocenters. The van der Waals surface area contributed by atoms with E-state index in [1.54, 1.807) is 6.07 Å². The molecular formula is C11H7Cl2NO3. The van der Waals surface area contributed by atoms with Crippen LogP contribution in [0.4, 0.5) is 0 Å². The van der Waals surface area contributed by atoms with Crippen LogP contribution in [0.5, 0.6) is 0 Å². The third kappa shape index (κ3) is 2.90. The van der Waals surface area contributed by atoms with Crippen LogP contribution in [0, 0.1) is 11.3 Å². The number of hydrogen-bond acceptors (Lipinski definition) is 4. The summed E-state index contributed by atoms with van der Waals surface area (Å²) in [7, 11) is 1.11. The third-order valence-electron chi connectivity index (χ3n) is 1.92. The number of benzene rings is 1. The summed E-state index contributed by atoms with van der Waals surface area (Å²) in [6.07, 6.45) is 0. The van der Waals surface area contributed by atoms with Crippen LogP contribution in [0.25, 0.3) is 5.76 Å². The van der Waals surface area contributed by atoms with E-state index >= 15 is 0 Å². The molecule has 88 valence electrons. The zero-order valence-electron chi connectivity index (χ0n) is 8.70. The first-order valence-electron chi connectivity index (χ1n) is 4.38. The highest BCUT2D eigenvalue weighted by molar-refractivity contribution is 6.35. The zero-order valence-corrected chi connectivity index (χ0v) is 10.2. The first-order chi connectivity index (χ1) is 8.01. The van der Waals surface area contributed by atoms with Crippen molar-refractivity contribution in [1.82, 2.24) is 0 Å². The van der Waals surface area contributed by atoms with Crippen LogP contribution in [0.15, 0.2) is 23.8 Å². The summed E-state index contributed by atoms with van der Waals surface area (Å²) in [5.41, 5.74) is -0.380. The normalized spacial score (nSPS) is 11.4. The van der Waals surface area contributed by atoms with Crippen molar-refractivity contribution in [2.45, 2.75) is 0 Å². The van der Waals surface area contributed by atoms with Gasteiger partial charge in [0, 0.05) is 10.6 Å². The lowest BCUT2D eigenvalue weighted by molar-refractivity contribution is -0.135. The molecule has 1 aromatic rings. The van der Waals surface area contributed by atoms with E-state index in [-0.39, 0.29) is 10.6 Å². The molecule has 1 rings (SSSR count). The molecule has 0 heterocycles. The van der Waals surface area contributed by atoms with Crippen LogP contribution in [-0.4, -0.2) is 18.2 Å². The summed E-state index contributed by atoms with van der Waals surface area (Å²) in [6.45, 7) is 0. The molecule has 0 radical (unpaired) electrons. The quantitative estimate of drug-likeness (QED) is 0.389. The lowest BCUT2D eigenvalue weighted by Crippen LogP contribution is -2.06. The molecule has 6 heteroatoms. The molecule has 0 spiro atoms. The maximum atomic E-state index is 11.2. The van der Waals surface area contributed by atoms with Gasteiger partial charge in [0.25, 0.3) is 0 Å². The Hall–Kier alpha value is -1.70. The van der Waals surface area contributed by atoms with Crippen molar-refractivity contribution >= 4 is 34.9 Å². The molecule has 0 unspecified atom stereocenters. The Bertz CT molecular complexity index is 532. The summed E-state index contributed by atoms with van der Waals surface area (Å²) in [4.78, 5) is 11.2. The van der Waals surface area contributed by atoms with Gasteiger partial charge >= 0.3 is 5.97 Å². The second-order valence-corrected chi connectivity index (χ2v) is 3.79. The average molecular weight is 272 g/mol. The van der Waals surface area contributed by atoms with Gasteiger partial charge in [-0.1, -0.05) is 23.2 Å². The molecule has 0 amide bonds. The number of methoxy groups -OCH3 is 1. The predicted octanol–water partition coefficient (Wildman–Crippen LogP) is 2.96. The van der Waals surface area contributed by atoms with Gasteiger partial charge in [-0.2, -0.15) is 5.26 Å². The van der Waals surface area contributed by atoms with Crippen molar-refractivity contribution in [1.29, 1.82) is 5.26 Å². The monoisotopic (exact) mass is 271 g/mol. The van der Waals surface area contributed by atoms with E-state index in [1.807, 2.05) is 0 Å². The van der Waals surface area contributed by atoms with Crippen LogP contribution in [0.1, 0.15) is 5.56 Å². The fourth-order valence-electron chi connectivity index (χ4n) is 1.11. The number of carbonyl (C=O) groups excluding carboxylic acids is 1. The van der Waals surface area contributed by atoms with E-state index < -0.39 is 17.3 Å². The fourth-order valence-corrected chi connectivity index (χ4v) is 1.61. The summed E-state index contributed by atoms with van der Waals surface area (Å²) in [6, 6.07) is 5.83. The van der Waals surface area contributed by atoms with Crippen LogP contribution in [0.2, 0.25) is 10.0 Å². The molecule has 1 aromatic carbocycles. The second-order valence-electron chi connectivity index (χ2n) is 2.95. The van der Waals surface area contributed by atoms with Gasteiger partial charge in [0.05, 0.1) is 12.1 Å². The van der Waals surface area contributed by atoms with Crippen molar-refractivity contribution in [3.8, 4) is 6.07 Å². The molecule has 0 fully saturated rings. The van der Waals surface area contributed by atoms with Crippen LogP contribution >= 0.6 is 23.2 Å². The Morgan fingerprint density at radius 3 is 2.59 bits per heavy atom. The number of ether oxygens (including phenoxy) is 1. The smallest absolute Gasteiger partial charge is 0.352 e. The van der Waals surface area contributed by atoms with Crippen molar-refractivity contribution in [2.24, 2.45) is 0 Å². The van der Waals surface area contributed by atoms with E-state index in [2.05, 4.69) is 4.74 Å². The van der Waals surface area contributed by atoms with Gasteiger partial charge in [-0.15, -0.1) is 0 Å². The van der Waals surface area contributed by atoms with E-state index in [4.69, 9.17) is 28.5 Å². The molecule has 0 aromatic heterocycles. The summed E-state index contributed by atoms with van der Waals surface area (Å²) >= 11 is 11.5. The van der Waals surface area contributed by atoms with E-state index in [9.17, 15) is 9.90 Å². The number of halogens is 2. The van der Waals surface area contributed by atoms with E-state index in [0.29, 0.717) is 5.02 Å². The number of rotatable bonds is 2. The van der Waals surface area contributed by atoms with Crippen LogP contribution < -0.4 is 0 Å². The lowest BCUT2D eigenvalue weighted by atomic mass is 10.1. The van der Waals surface area contributed by atoms with Crippen molar-refractivity contribution in [2.75, 3.05) is 7.11 Å². The number of aliphatic hydroxyl groups excluding tert-OH is 1. The number of nitriles is 1. The van der Waals surface area contributed by atoms with Crippen molar-refractivity contribution < 1.29 is 14.6 Å². The average Bonchev–Trinajstić information content (AvgIpc) is 2.29. The molecule has 0 aliphatic rings. The zero-order chi connectivity index (χ0) is 13.0. The van der Waals surface area contributed by atoms with E-state index in [0.717, 1.165) is 7.11 Å². The van der Waals surface area contributed by atoms with Crippen molar-refractivity contribution in [3.05, 3.63) is 39.4 Å². The Kier molecular flexibility index (Phi) is 4.38. The topological polar surface area (TPSA) is 70.3 Å². The summed E-state index contributed by atoms with van der Waals surface area (Å²) in [5, 5.41) is 19.1. The first kappa shape index (κ1) is 13.4. The molecule has 4 nitrogen and oxygen atoms in total. The number of esters is 1.